The quantitative estimate of drug-likeness (QED) is 0.672. The monoisotopic (exact) mass is 396 g/mol. The Bertz CT molecular complexity index is 869. The molecule has 25 heavy (non-hydrogen) atoms. The molecule has 0 radical (unpaired) electrons. The molecule has 1 aliphatic rings. The van der Waals surface area contributed by atoms with Gasteiger partial charge in [-0.25, -0.2) is 0 Å². The van der Waals surface area contributed by atoms with Gasteiger partial charge in [0.05, 0.1) is 6.42 Å². The van der Waals surface area contributed by atoms with Crippen molar-refractivity contribution in [3.05, 3.63) is 70.3 Å². The van der Waals surface area contributed by atoms with Gasteiger partial charge in [-0.15, -0.1) is 0 Å². The van der Waals surface area contributed by atoms with Crippen molar-refractivity contribution >= 4 is 32.7 Å². The van der Waals surface area contributed by atoms with E-state index in [1.807, 2.05) is 29.2 Å². The summed E-state index contributed by atoms with van der Waals surface area (Å²) in [5, 5.41) is 1.25. The molecule has 1 fully saturated rings. The maximum atomic E-state index is 12.7. The number of aromatic nitrogens is 1. The number of piperidine rings is 1. The summed E-state index contributed by atoms with van der Waals surface area (Å²) in [5.74, 6) is 0.617. The van der Waals surface area contributed by atoms with Crippen LogP contribution < -0.4 is 0 Å². The molecule has 1 unspecified atom stereocenters. The van der Waals surface area contributed by atoms with E-state index in [-0.39, 0.29) is 5.91 Å². The van der Waals surface area contributed by atoms with Crippen LogP contribution >= 0.6 is 15.9 Å². The molecular formula is C21H21BrN2O. The van der Waals surface area contributed by atoms with Gasteiger partial charge < -0.3 is 9.88 Å². The molecule has 3 nitrogen and oxygen atoms in total. The second-order valence-electron chi connectivity index (χ2n) is 6.80. The third-order valence-corrected chi connectivity index (χ3v) is 5.50. The molecule has 2 aromatic carbocycles. The van der Waals surface area contributed by atoms with Crippen molar-refractivity contribution in [3.8, 4) is 0 Å². The summed E-state index contributed by atoms with van der Waals surface area (Å²) in [6.07, 6.45) is 2.66. The van der Waals surface area contributed by atoms with E-state index in [0.717, 1.165) is 36.0 Å². The van der Waals surface area contributed by atoms with Crippen LogP contribution in [0.1, 0.15) is 30.0 Å². The molecule has 3 aromatic rings. The molecule has 2 heterocycles. The number of nitrogens with one attached hydrogen (secondary N) is 1. The molecular weight excluding hydrogens is 376 g/mol. The minimum atomic E-state index is 0.221. The van der Waals surface area contributed by atoms with Gasteiger partial charge >= 0.3 is 0 Å². The molecule has 1 atom stereocenters. The summed E-state index contributed by atoms with van der Waals surface area (Å²) in [6, 6.07) is 18.6. The molecule has 0 bridgehead atoms. The van der Waals surface area contributed by atoms with E-state index in [1.54, 1.807) is 0 Å². The third kappa shape index (κ3) is 3.64. The Labute approximate surface area is 156 Å². The predicted molar refractivity (Wildman–Crippen MR) is 105 cm³/mol. The first-order valence-corrected chi connectivity index (χ1v) is 9.58. The molecule has 1 N–H and O–H groups in total. The fourth-order valence-electron chi connectivity index (χ4n) is 3.71. The van der Waals surface area contributed by atoms with E-state index < -0.39 is 0 Å². The summed E-state index contributed by atoms with van der Waals surface area (Å²) in [7, 11) is 0. The van der Waals surface area contributed by atoms with E-state index in [4.69, 9.17) is 0 Å². The van der Waals surface area contributed by atoms with Crippen LogP contribution in [0.3, 0.4) is 0 Å². The Morgan fingerprint density at radius 2 is 2.04 bits per heavy atom. The zero-order valence-electron chi connectivity index (χ0n) is 14.0. The number of carbonyl (C=O) groups is 1. The number of nitrogens with zero attached hydrogens (tertiary/aromatic N) is 1. The minimum absolute atomic E-state index is 0.221. The SMILES string of the molecule is O=C(Cc1cccc(Br)c1)N1CCCC(c2cc3ccccc3[nH]2)C1. The zero-order valence-corrected chi connectivity index (χ0v) is 15.6. The summed E-state index contributed by atoms with van der Waals surface area (Å²) in [4.78, 5) is 18.3. The highest BCUT2D eigenvalue weighted by Gasteiger charge is 2.25. The number of H-pyrrole nitrogens is 1. The Morgan fingerprint density at radius 3 is 2.88 bits per heavy atom. The van der Waals surface area contributed by atoms with Crippen molar-refractivity contribution in [3.63, 3.8) is 0 Å². The molecule has 4 rings (SSSR count). The van der Waals surface area contributed by atoms with Crippen molar-refractivity contribution in [2.75, 3.05) is 13.1 Å². The summed E-state index contributed by atoms with van der Waals surface area (Å²) in [6.45, 7) is 1.67. The lowest BCUT2D eigenvalue weighted by Crippen LogP contribution is -2.40. The van der Waals surface area contributed by atoms with Gasteiger partial charge in [-0.2, -0.15) is 0 Å². The standard InChI is InChI=1S/C21H21BrN2O/c22-18-8-3-5-15(11-18)12-21(25)24-10-4-7-17(14-24)20-13-16-6-1-2-9-19(16)23-20/h1-3,5-6,8-9,11,13,17,23H,4,7,10,12,14H2. The number of halogens is 1. The van der Waals surface area contributed by atoms with Gasteiger partial charge in [-0.1, -0.05) is 46.3 Å². The van der Waals surface area contributed by atoms with Crippen LogP contribution in [0, 0.1) is 0 Å². The van der Waals surface area contributed by atoms with Gasteiger partial charge in [-0.3, -0.25) is 4.79 Å². The van der Waals surface area contributed by atoms with E-state index >= 15 is 0 Å². The van der Waals surface area contributed by atoms with Crippen LogP contribution in [0.4, 0.5) is 0 Å². The number of fused-ring (bicyclic) bond motifs is 1. The Morgan fingerprint density at radius 1 is 1.16 bits per heavy atom. The third-order valence-electron chi connectivity index (χ3n) is 5.01. The van der Waals surface area contributed by atoms with Crippen LogP contribution in [0.25, 0.3) is 10.9 Å². The fourth-order valence-corrected chi connectivity index (χ4v) is 4.15. The second kappa shape index (κ2) is 7.04. The lowest BCUT2D eigenvalue weighted by Gasteiger charge is -2.32. The average molecular weight is 397 g/mol. The normalized spacial score (nSPS) is 17.8. The first-order valence-electron chi connectivity index (χ1n) is 8.79. The van der Waals surface area contributed by atoms with Crippen LogP contribution in [-0.4, -0.2) is 28.9 Å². The van der Waals surface area contributed by atoms with Crippen LogP contribution in [0.5, 0.6) is 0 Å². The molecule has 0 spiro atoms. The molecule has 128 valence electrons. The number of hydrogen-bond donors (Lipinski definition) is 1. The van der Waals surface area contributed by atoms with Crippen molar-refractivity contribution in [1.82, 2.24) is 9.88 Å². The molecule has 4 heteroatoms. The highest BCUT2D eigenvalue weighted by Crippen LogP contribution is 2.29. The first-order chi connectivity index (χ1) is 12.2. The Hall–Kier alpha value is -2.07. The van der Waals surface area contributed by atoms with E-state index in [9.17, 15) is 4.79 Å². The Balaban J connectivity index is 1.47. The van der Waals surface area contributed by atoms with Crippen LogP contribution in [-0.2, 0) is 11.2 Å². The van der Waals surface area contributed by atoms with Gasteiger partial charge in [0, 0.05) is 34.7 Å². The van der Waals surface area contributed by atoms with E-state index in [1.165, 1.54) is 16.6 Å². The van der Waals surface area contributed by atoms with Crippen LogP contribution in [0.2, 0.25) is 0 Å². The molecule has 1 saturated heterocycles. The van der Waals surface area contributed by atoms with Gasteiger partial charge in [0.1, 0.15) is 0 Å². The number of carbonyl (C=O) groups excluding carboxylic acids is 1. The van der Waals surface area contributed by atoms with Crippen LogP contribution in [0.15, 0.2) is 59.1 Å². The number of rotatable bonds is 3. The van der Waals surface area contributed by atoms with Gasteiger partial charge in [0.25, 0.3) is 0 Å². The molecule has 0 aliphatic carbocycles. The number of likely N-dealkylation sites (tertiary alicyclic amines) is 1. The molecule has 1 aromatic heterocycles. The fraction of sp³-hybridized carbons (Fsp3) is 0.286. The highest BCUT2D eigenvalue weighted by molar-refractivity contribution is 9.10. The number of amides is 1. The zero-order chi connectivity index (χ0) is 17.2. The first kappa shape index (κ1) is 16.4. The van der Waals surface area contributed by atoms with E-state index in [2.05, 4.69) is 51.2 Å². The summed E-state index contributed by atoms with van der Waals surface area (Å²) >= 11 is 3.48. The predicted octanol–water partition coefficient (Wildman–Crippen LogP) is 4.88. The summed E-state index contributed by atoms with van der Waals surface area (Å²) < 4.78 is 1.02. The van der Waals surface area contributed by atoms with Gasteiger partial charge in [0.2, 0.25) is 5.91 Å². The van der Waals surface area contributed by atoms with Crippen molar-refractivity contribution in [1.29, 1.82) is 0 Å². The van der Waals surface area contributed by atoms with Gasteiger partial charge in [0.15, 0.2) is 0 Å². The lowest BCUT2D eigenvalue weighted by atomic mass is 9.94. The maximum absolute atomic E-state index is 12.7. The average Bonchev–Trinajstić information content (AvgIpc) is 3.06. The summed E-state index contributed by atoms with van der Waals surface area (Å²) in [5.41, 5.74) is 3.49. The highest BCUT2D eigenvalue weighted by atomic mass is 79.9. The topological polar surface area (TPSA) is 36.1 Å². The maximum Gasteiger partial charge on any atom is 0.227 e. The molecule has 0 saturated carbocycles. The number of aromatic amines is 1. The van der Waals surface area contributed by atoms with E-state index in [0.29, 0.717) is 12.3 Å². The largest absolute Gasteiger partial charge is 0.358 e. The second-order valence-corrected chi connectivity index (χ2v) is 7.71. The number of para-hydroxylation sites is 1. The lowest BCUT2D eigenvalue weighted by molar-refractivity contribution is -0.131. The van der Waals surface area contributed by atoms with Crippen molar-refractivity contribution in [2.24, 2.45) is 0 Å². The molecule has 1 aliphatic heterocycles. The van der Waals surface area contributed by atoms with Gasteiger partial charge in [-0.05, 0) is 48.1 Å². The minimum Gasteiger partial charge on any atom is -0.358 e. The number of hydrogen-bond acceptors (Lipinski definition) is 1. The molecule has 1 amide bonds. The number of benzene rings is 2. The Kier molecular flexibility index (Phi) is 4.62. The van der Waals surface area contributed by atoms with Crippen molar-refractivity contribution in [2.45, 2.75) is 25.2 Å². The smallest absolute Gasteiger partial charge is 0.227 e. The van der Waals surface area contributed by atoms with Crippen molar-refractivity contribution < 1.29 is 4.79 Å².